The molecule has 0 aliphatic heterocycles. The highest BCUT2D eigenvalue weighted by Gasteiger charge is 2.11. The van der Waals surface area contributed by atoms with E-state index in [2.05, 4.69) is 25.6 Å². The monoisotopic (exact) mass is 390 g/mol. The SMILES string of the molecule is O=C(O)Cc1cccc(-n2nnc3cnc(Nc4ccc(CCO)cc4)nc32)c1. The molecule has 9 heteroatoms. The second kappa shape index (κ2) is 8.03. The van der Waals surface area contributed by atoms with Crippen LogP contribution in [0.1, 0.15) is 11.1 Å². The van der Waals surface area contributed by atoms with E-state index < -0.39 is 5.97 Å². The molecule has 0 radical (unpaired) electrons. The molecule has 4 rings (SSSR count). The van der Waals surface area contributed by atoms with Gasteiger partial charge in [-0.25, -0.2) is 4.98 Å². The van der Waals surface area contributed by atoms with Crippen molar-refractivity contribution in [1.82, 2.24) is 25.0 Å². The zero-order valence-corrected chi connectivity index (χ0v) is 15.4. The molecule has 0 atom stereocenters. The third kappa shape index (κ3) is 4.19. The fourth-order valence-electron chi connectivity index (χ4n) is 2.95. The number of nitrogens with one attached hydrogen (secondary N) is 1. The highest BCUT2D eigenvalue weighted by Crippen LogP contribution is 2.19. The number of hydrogen-bond donors (Lipinski definition) is 3. The van der Waals surface area contributed by atoms with E-state index in [0.29, 0.717) is 34.8 Å². The Morgan fingerprint density at radius 1 is 1.10 bits per heavy atom. The fourth-order valence-corrected chi connectivity index (χ4v) is 2.95. The van der Waals surface area contributed by atoms with E-state index in [-0.39, 0.29) is 13.0 Å². The number of aromatic nitrogens is 5. The van der Waals surface area contributed by atoms with Gasteiger partial charge in [-0.2, -0.15) is 9.67 Å². The van der Waals surface area contributed by atoms with Crippen LogP contribution in [0.15, 0.2) is 54.7 Å². The minimum atomic E-state index is -0.899. The number of anilines is 2. The van der Waals surface area contributed by atoms with Crippen molar-refractivity contribution in [3.63, 3.8) is 0 Å². The number of hydrogen-bond acceptors (Lipinski definition) is 7. The van der Waals surface area contributed by atoms with Crippen LogP contribution in [-0.4, -0.2) is 47.8 Å². The smallest absolute Gasteiger partial charge is 0.307 e. The number of fused-ring (bicyclic) bond motifs is 1. The van der Waals surface area contributed by atoms with Crippen molar-refractivity contribution >= 4 is 28.8 Å². The molecule has 0 aliphatic rings. The van der Waals surface area contributed by atoms with Crippen molar-refractivity contribution in [2.24, 2.45) is 0 Å². The summed E-state index contributed by atoms with van der Waals surface area (Å²) >= 11 is 0. The summed E-state index contributed by atoms with van der Waals surface area (Å²) in [7, 11) is 0. The van der Waals surface area contributed by atoms with Crippen molar-refractivity contribution in [2.45, 2.75) is 12.8 Å². The standard InChI is InChI=1S/C20H18N6O3/c27-9-8-13-4-6-15(7-5-13)22-20-21-12-17-19(23-20)26(25-24-17)16-3-1-2-14(10-16)11-18(28)29/h1-7,10,12,27H,8-9,11H2,(H,28,29)(H,21,22,23). The van der Waals surface area contributed by atoms with Crippen LogP contribution in [-0.2, 0) is 17.6 Å². The number of carboxylic acid groups (broad SMARTS) is 1. The molecule has 0 aliphatic carbocycles. The van der Waals surface area contributed by atoms with Crippen LogP contribution < -0.4 is 5.32 Å². The van der Waals surface area contributed by atoms with Gasteiger partial charge < -0.3 is 15.5 Å². The Balaban J connectivity index is 1.63. The van der Waals surface area contributed by atoms with Crippen LogP contribution in [0.2, 0.25) is 0 Å². The molecule has 2 heterocycles. The van der Waals surface area contributed by atoms with Gasteiger partial charge in [0.05, 0.1) is 18.3 Å². The van der Waals surface area contributed by atoms with Crippen LogP contribution in [0.5, 0.6) is 0 Å². The molecule has 0 bridgehead atoms. The van der Waals surface area contributed by atoms with Crippen molar-refractivity contribution < 1.29 is 15.0 Å². The number of aliphatic hydroxyl groups excluding tert-OH is 1. The molecular formula is C20H18N6O3. The lowest BCUT2D eigenvalue weighted by molar-refractivity contribution is -0.136. The Labute approximate surface area is 165 Å². The topological polar surface area (TPSA) is 126 Å². The summed E-state index contributed by atoms with van der Waals surface area (Å²) in [6.07, 6.45) is 2.11. The minimum absolute atomic E-state index is 0.0749. The first-order valence-corrected chi connectivity index (χ1v) is 8.99. The van der Waals surface area contributed by atoms with E-state index in [0.717, 1.165) is 11.3 Å². The summed E-state index contributed by atoms with van der Waals surface area (Å²) in [5.41, 5.74) is 4.22. The summed E-state index contributed by atoms with van der Waals surface area (Å²) in [5, 5.41) is 29.4. The van der Waals surface area contributed by atoms with Gasteiger partial charge in [0, 0.05) is 12.3 Å². The zero-order valence-electron chi connectivity index (χ0n) is 15.4. The first-order valence-electron chi connectivity index (χ1n) is 8.99. The Kier molecular flexibility index (Phi) is 5.12. The van der Waals surface area contributed by atoms with Crippen molar-refractivity contribution in [3.05, 3.63) is 65.9 Å². The lowest BCUT2D eigenvalue weighted by Gasteiger charge is -2.07. The van der Waals surface area contributed by atoms with E-state index in [4.69, 9.17) is 10.2 Å². The van der Waals surface area contributed by atoms with E-state index >= 15 is 0 Å². The van der Waals surface area contributed by atoms with E-state index in [9.17, 15) is 4.79 Å². The van der Waals surface area contributed by atoms with Gasteiger partial charge in [-0.05, 0) is 41.8 Å². The molecule has 146 valence electrons. The highest BCUT2D eigenvalue weighted by atomic mass is 16.4. The molecule has 0 saturated carbocycles. The molecule has 29 heavy (non-hydrogen) atoms. The predicted molar refractivity (Wildman–Crippen MR) is 106 cm³/mol. The van der Waals surface area contributed by atoms with Gasteiger partial charge in [0.2, 0.25) is 5.95 Å². The zero-order chi connectivity index (χ0) is 20.2. The molecule has 0 amide bonds. The van der Waals surface area contributed by atoms with Crippen LogP contribution in [0.25, 0.3) is 16.9 Å². The normalized spacial score (nSPS) is 10.9. The van der Waals surface area contributed by atoms with Gasteiger partial charge in [-0.1, -0.05) is 29.5 Å². The molecule has 3 N–H and O–H groups in total. The van der Waals surface area contributed by atoms with Crippen LogP contribution in [0, 0.1) is 0 Å². The Morgan fingerprint density at radius 3 is 2.69 bits per heavy atom. The van der Waals surface area contributed by atoms with E-state index in [1.54, 1.807) is 29.1 Å². The van der Waals surface area contributed by atoms with Gasteiger partial charge in [0.1, 0.15) is 0 Å². The molecule has 0 spiro atoms. The maximum atomic E-state index is 11.0. The third-order valence-electron chi connectivity index (χ3n) is 4.31. The maximum absolute atomic E-state index is 11.0. The van der Waals surface area contributed by atoms with Crippen molar-refractivity contribution in [1.29, 1.82) is 0 Å². The first-order chi connectivity index (χ1) is 14.1. The summed E-state index contributed by atoms with van der Waals surface area (Å²) < 4.78 is 1.55. The van der Waals surface area contributed by atoms with Crippen molar-refractivity contribution in [2.75, 3.05) is 11.9 Å². The molecule has 2 aromatic carbocycles. The Morgan fingerprint density at radius 2 is 1.93 bits per heavy atom. The minimum Gasteiger partial charge on any atom is -0.481 e. The van der Waals surface area contributed by atoms with Crippen LogP contribution in [0.3, 0.4) is 0 Å². The molecule has 9 nitrogen and oxygen atoms in total. The van der Waals surface area contributed by atoms with Gasteiger partial charge in [-0.3, -0.25) is 4.79 Å². The van der Waals surface area contributed by atoms with E-state index in [1.807, 2.05) is 30.3 Å². The Bertz CT molecular complexity index is 1160. The largest absolute Gasteiger partial charge is 0.481 e. The van der Waals surface area contributed by atoms with Gasteiger partial charge in [-0.15, -0.1) is 5.10 Å². The van der Waals surface area contributed by atoms with E-state index in [1.165, 1.54) is 0 Å². The number of carbonyl (C=O) groups is 1. The predicted octanol–water partition coefficient (Wildman–Crippen LogP) is 2.12. The number of aliphatic carboxylic acids is 1. The number of benzene rings is 2. The molecule has 0 unspecified atom stereocenters. The molecule has 2 aromatic heterocycles. The van der Waals surface area contributed by atoms with Crippen LogP contribution >= 0.6 is 0 Å². The molecule has 0 saturated heterocycles. The average molecular weight is 390 g/mol. The van der Waals surface area contributed by atoms with Gasteiger partial charge in [0.15, 0.2) is 11.2 Å². The van der Waals surface area contributed by atoms with Gasteiger partial charge >= 0.3 is 5.97 Å². The summed E-state index contributed by atoms with van der Waals surface area (Å²) in [6, 6.07) is 14.7. The quantitative estimate of drug-likeness (QED) is 0.438. The second-order valence-electron chi connectivity index (χ2n) is 6.44. The second-order valence-corrected chi connectivity index (χ2v) is 6.44. The average Bonchev–Trinajstić information content (AvgIpc) is 3.13. The first kappa shape index (κ1) is 18.5. The summed E-state index contributed by atoms with van der Waals surface area (Å²) in [5.74, 6) is -0.512. The number of nitrogens with zero attached hydrogens (tertiary/aromatic N) is 5. The lowest BCUT2D eigenvalue weighted by Crippen LogP contribution is -2.04. The van der Waals surface area contributed by atoms with Gasteiger partial charge in [0.25, 0.3) is 0 Å². The Hall–Kier alpha value is -3.85. The number of rotatable bonds is 7. The maximum Gasteiger partial charge on any atom is 0.307 e. The summed E-state index contributed by atoms with van der Waals surface area (Å²) in [6.45, 7) is 0.108. The number of aliphatic hydroxyl groups is 1. The lowest BCUT2D eigenvalue weighted by atomic mass is 10.1. The molecule has 4 aromatic rings. The highest BCUT2D eigenvalue weighted by molar-refractivity contribution is 5.73. The van der Waals surface area contributed by atoms with Crippen molar-refractivity contribution in [3.8, 4) is 5.69 Å². The molecule has 0 fully saturated rings. The third-order valence-corrected chi connectivity index (χ3v) is 4.31. The number of carboxylic acids is 1. The van der Waals surface area contributed by atoms with Crippen LogP contribution in [0.4, 0.5) is 11.6 Å². The molecular weight excluding hydrogens is 372 g/mol. The summed E-state index contributed by atoms with van der Waals surface area (Å²) in [4.78, 5) is 19.8. The fraction of sp³-hybridized carbons (Fsp3) is 0.150.